The standard InChI is InChI=1S/C17H20N2O4/c1-11-8-12(9-19-6-2-3-7-19)4-5-13(11)18-16-15(17(21)22)14(20)10-23-16/h4-5,8,18H,2-3,6-7,9-10H2,1H3,(H,21,22). The van der Waals surface area contributed by atoms with Crippen LogP contribution < -0.4 is 5.32 Å². The molecule has 23 heavy (non-hydrogen) atoms. The van der Waals surface area contributed by atoms with Gasteiger partial charge in [-0.2, -0.15) is 0 Å². The zero-order chi connectivity index (χ0) is 16.4. The molecule has 1 aromatic carbocycles. The van der Waals surface area contributed by atoms with E-state index in [9.17, 15) is 9.59 Å². The molecule has 122 valence electrons. The summed E-state index contributed by atoms with van der Waals surface area (Å²) in [6.45, 7) is 4.94. The van der Waals surface area contributed by atoms with E-state index in [-0.39, 0.29) is 18.1 Å². The lowest BCUT2D eigenvalue weighted by Gasteiger charge is -2.16. The summed E-state index contributed by atoms with van der Waals surface area (Å²) in [7, 11) is 0. The number of hydrogen-bond donors (Lipinski definition) is 2. The first-order valence-electron chi connectivity index (χ1n) is 7.77. The number of carbonyl (C=O) groups excluding carboxylic acids is 1. The SMILES string of the molecule is Cc1cc(CN2CCCC2)ccc1NC1=C(C(=O)O)C(=O)CO1. The zero-order valence-corrected chi connectivity index (χ0v) is 13.1. The molecule has 0 radical (unpaired) electrons. The predicted octanol–water partition coefficient (Wildman–Crippen LogP) is 1.90. The van der Waals surface area contributed by atoms with Crippen molar-refractivity contribution in [3.63, 3.8) is 0 Å². The van der Waals surface area contributed by atoms with Crippen LogP contribution in [-0.2, 0) is 20.9 Å². The van der Waals surface area contributed by atoms with Gasteiger partial charge < -0.3 is 15.2 Å². The molecule has 2 aliphatic heterocycles. The predicted molar refractivity (Wildman–Crippen MR) is 84.9 cm³/mol. The molecule has 2 N–H and O–H groups in total. The largest absolute Gasteiger partial charge is 0.477 e. The summed E-state index contributed by atoms with van der Waals surface area (Å²) >= 11 is 0. The summed E-state index contributed by atoms with van der Waals surface area (Å²) in [5.41, 5.74) is 2.65. The average Bonchev–Trinajstić information content (AvgIpc) is 3.12. The van der Waals surface area contributed by atoms with E-state index in [1.165, 1.54) is 18.4 Å². The lowest BCUT2D eigenvalue weighted by atomic mass is 10.1. The minimum atomic E-state index is -1.27. The number of Topliss-reactive ketones (excluding diaryl/α,β-unsaturated/α-hetero) is 1. The molecule has 2 heterocycles. The fraction of sp³-hybridized carbons (Fsp3) is 0.412. The van der Waals surface area contributed by atoms with Gasteiger partial charge >= 0.3 is 5.97 Å². The topological polar surface area (TPSA) is 78.9 Å². The molecule has 6 heteroatoms. The number of carbonyl (C=O) groups is 2. The van der Waals surface area contributed by atoms with Crippen LogP contribution in [0.1, 0.15) is 24.0 Å². The number of aryl methyl sites for hydroxylation is 1. The number of nitrogens with one attached hydrogen (secondary N) is 1. The highest BCUT2D eigenvalue weighted by Gasteiger charge is 2.31. The molecule has 0 spiro atoms. The average molecular weight is 316 g/mol. The van der Waals surface area contributed by atoms with Crippen molar-refractivity contribution in [2.75, 3.05) is 25.0 Å². The number of benzene rings is 1. The number of rotatable bonds is 5. The number of nitrogens with zero attached hydrogens (tertiary/aromatic N) is 1. The van der Waals surface area contributed by atoms with E-state index < -0.39 is 11.8 Å². The molecule has 0 unspecified atom stereocenters. The molecular weight excluding hydrogens is 296 g/mol. The van der Waals surface area contributed by atoms with Crippen molar-refractivity contribution in [1.82, 2.24) is 4.90 Å². The van der Waals surface area contributed by atoms with Crippen LogP contribution in [0.25, 0.3) is 0 Å². The summed E-state index contributed by atoms with van der Waals surface area (Å²) in [5, 5.41) is 12.0. The second-order valence-electron chi connectivity index (χ2n) is 5.98. The Labute approximate surface area is 134 Å². The van der Waals surface area contributed by atoms with Gasteiger partial charge in [0, 0.05) is 12.2 Å². The fourth-order valence-corrected chi connectivity index (χ4v) is 3.01. The van der Waals surface area contributed by atoms with E-state index in [1.54, 1.807) is 0 Å². The van der Waals surface area contributed by atoms with Crippen LogP contribution in [0.4, 0.5) is 5.69 Å². The molecule has 1 aromatic rings. The van der Waals surface area contributed by atoms with E-state index in [4.69, 9.17) is 9.84 Å². The Morgan fingerprint density at radius 2 is 2.09 bits per heavy atom. The highest BCUT2D eigenvalue weighted by molar-refractivity contribution is 6.19. The monoisotopic (exact) mass is 316 g/mol. The highest BCUT2D eigenvalue weighted by Crippen LogP contribution is 2.24. The van der Waals surface area contributed by atoms with Gasteiger partial charge in [0.25, 0.3) is 0 Å². The number of ether oxygens (including phenoxy) is 1. The van der Waals surface area contributed by atoms with Gasteiger partial charge in [0.05, 0.1) is 0 Å². The van der Waals surface area contributed by atoms with Gasteiger partial charge in [0.1, 0.15) is 0 Å². The van der Waals surface area contributed by atoms with Gasteiger partial charge in [-0.1, -0.05) is 12.1 Å². The molecule has 1 saturated heterocycles. The summed E-state index contributed by atoms with van der Waals surface area (Å²) in [5.74, 6) is -1.75. The van der Waals surface area contributed by atoms with Crippen LogP contribution in [0.3, 0.4) is 0 Å². The first-order valence-corrected chi connectivity index (χ1v) is 7.77. The van der Waals surface area contributed by atoms with E-state index in [0.29, 0.717) is 0 Å². The first-order chi connectivity index (χ1) is 11.0. The smallest absolute Gasteiger partial charge is 0.344 e. The second kappa shape index (κ2) is 6.42. The molecule has 0 saturated carbocycles. The summed E-state index contributed by atoms with van der Waals surface area (Å²) in [6, 6.07) is 6.00. The van der Waals surface area contributed by atoms with Gasteiger partial charge in [0.2, 0.25) is 11.7 Å². The molecule has 0 amide bonds. The molecule has 0 atom stereocenters. The second-order valence-corrected chi connectivity index (χ2v) is 5.98. The number of carboxylic acid groups (broad SMARTS) is 1. The van der Waals surface area contributed by atoms with Crippen molar-refractivity contribution in [3.8, 4) is 0 Å². The van der Waals surface area contributed by atoms with Crippen molar-refractivity contribution >= 4 is 17.4 Å². The van der Waals surface area contributed by atoms with Crippen molar-refractivity contribution in [3.05, 3.63) is 40.8 Å². The summed E-state index contributed by atoms with van der Waals surface area (Å²) < 4.78 is 5.17. The number of carboxylic acids is 1. The number of ketones is 1. The Kier molecular flexibility index (Phi) is 4.34. The third-order valence-corrected chi connectivity index (χ3v) is 4.21. The number of hydrogen-bond acceptors (Lipinski definition) is 5. The summed E-state index contributed by atoms with van der Waals surface area (Å²) in [6.07, 6.45) is 2.52. The Bertz CT molecular complexity index is 675. The van der Waals surface area contributed by atoms with Gasteiger partial charge in [-0.25, -0.2) is 4.79 Å². The fourth-order valence-electron chi connectivity index (χ4n) is 3.01. The van der Waals surface area contributed by atoms with Crippen LogP contribution in [0.5, 0.6) is 0 Å². The molecule has 3 rings (SSSR count). The normalized spacial score (nSPS) is 18.4. The van der Waals surface area contributed by atoms with Crippen LogP contribution in [0.15, 0.2) is 29.7 Å². The van der Waals surface area contributed by atoms with E-state index >= 15 is 0 Å². The lowest BCUT2D eigenvalue weighted by Crippen LogP contribution is -2.18. The summed E-state index contributed by atoms with van der Waals surface area (Å²) in [4.78, 5) is 25.1. The van der Waals surface area contributed by atoms with Gasteiger partial charge in [-0.3, -0.25) is 9.69 Å². The molecule has 0 aromatic heterocycles. The lowest BCUT2D eigenvalue weighted by molar-refractivity contribution is -0.134. The zero-order valence-electron chi connectivity index (χ0n) is 13.1. The maximum Gasteiger partial charge on any atom is 0.344 e. The Morgan fingerprint density at radius 3 is 2.74 bits per heavy atom. The van der Waals surface area contributed by atoms with E-state index in [0.717, 1.165) is 30.9 Å². The highest BCUT2D eigenvalue weighted by atomic mass is 16.5. The quantitative estimate of drug-likeness (QED) is 0.808. The molecular formula is C17H20N2O4. The number of likely N-dealkylation sites (tertiary alicyclic amines) is 1. The molecule has 1 fully saturated rings. The Balaban J connectivity index is 1.76. The van der Waals surface area contributed by atoms with Crippen molar-refractivity contribution in [2.24, 2.45) is 0 Å². The first kappa shape index (κ1) is 15.6. The van der Waals surface area contributed by atoms with Crippen LogP contribution in [-0.4, -0.2) is 41.5 Å². The van der Waals surface area contributed by atoms with E-state index in [1.807, 2.05) is 19.1 Å². The molecule has 2 aliphatic rings. The number of anilines is 1. The van der Waals surface area contributed by atoms with E-state index in [2.05, 4.69) is 16.3 Å². The number of aliphatic carboxylic acids is 1. The van der Waals surface area contributed by atoms with Crippen LogP contribution >= 0.6 is 0 Å². The third-order valence-electron chi connectivity index (χ3n) is 4.21. The van der Waals surface area contributed by atoms with Crippen LogP contribution in [0, 0.1) is 6.92 Å². The van der Waals surface area contributed by atoms with Gasteiger partial charge in [-0.15, -0.1) is 0 Å². The van der Waals surface area contributed by atoms with Crippen molar-refractivity contribution in [2.45, 2.75) is 26.3 Å². The maximum absolute atomic E-state index is 11.5. The molecule has 6 nitrogen and oxygen atoms in total. The van der Waals surface area contributed by atoms with Crippen molar-refractivity contribution in [1.29, 1.82) is 0 Å². The van der Waals surface area contributed by atoms with Gasteiger partial charge in [0.15, 0.2) is 12.2 Å². The van der Waals surface area contributed by atoms with Crippen LogP contribution in [0.2, 0.25) is 0 Å². The minimum absolute atomic E-state index is 0.0258. The Morgan fingerprint density at radius 1 is 1.35 bits per heavy atom. The minimum Gasteiger partial charge on any atom is -0.477 e. The third kappa shape index (κ3) is 3.37. The van der Waals surface area contributed by atoms with Crippen molar-refractivity contribution < 1.29 is 19.4 Å². The van der Waals surface area contributed by atoms with Gasteiger partial charge in [-0.05, 0) is 50.0 Å². The maximum atomic E-state index is 11.5. The molecule has 0 aliphatic carbocycles. The Hall–Kier alpha value is -2.34. The molecule has 0 bridgehead atoms.